The number of nitrogens with zero attached hydrogens (tertiary/aromatic N) is 2. The van der Waals surface area contributed by atoms with Crippen LogP contribution in [0.1, 0.15) is 26.7 Å². The zero-order valence-electron chi connectivity index (χ0n) is 22.7. The second-order valence-electron chi connectivity index (χ2n) is 9.64. The average Bonchev–Trinajstić information content (AvgIpc) is 2.92. The third-order valence-electron chi connectivity index (χ3n) is 6.50. The van der Waals surface area contributed by atoms with Crippen molar-refractivity contribution < 1.29 is 19.1 Å². The van der Waals surface area contributed by atoms with Crippen molar-refractivity contribution in [2.45, 2.75) is 38.9 Å². The number of amides is 2. The first-order valence-electron chi connectivity index (χ1n) is 13.4. The Labute approximate surface area is 256 Å². The molecule has 0 saturated carbocycles. The number of benzene rings is 2. The Morgan fingerprint density at radius 3 is 1.45 bits per heavy atom. The minimum absolute atomic E-state index is 0.183. The second kappa shape index (κ2) is 16.5. The van der Waals surface area contributed by atoms with Gasteiger partial charge in [0, 0.05) is 49.3 Å². The van der Waals surface area contributed by atoms with Crippen molar-refractivity contribution in [3.8, 4) is 11.5 Å². The maximum Gasteiger partial charge on any atom is 0.260 e. The Morgan fingerprint density at radius 1 is 0.725 bits per heavy atom. The van der Waals surface area contributed by atoms with Crippen LogP contribution in [0.15, 0.2) is 36.4 Å². The highest BCUT2D eigenvalue weighted by Crippen LogP contribution is 2.29. The summed E-state index contributed by atoms with van der Waals surface area (Å²) < 4.78 is 11.3. The molecule has 12 heteroatoms. The molecule has 2 aromatic carbocycles. The van der Waals surface area contributed by atoms with Crippen molar-refractivity contribution in [1.82, 2.24) is 20.4 Å². The lowest BCUT2D eigenvalue weighted by Gasteiger charge is -2.34. The molecule has 3 rings (SSSR count). The monoisotopic (exact) mass is 632 g/mol. The molecule has 8 nitrogen and oxygen atoms in total. The topological polar surface area (TPSA) is 83.1 Å². The minimum Gasteiger partial charge on any atom is -0.479 e. The van der Waals surface area contributed by atoms with E-state index < -0.39 is 12.2 Å². The molecule has 0 aliphatic carbocycles. The number of carbonyl (C=O) groups is 2. The number of piperazine rings is 1. The van der Waals surface area contributed by atoms with Gasteiger partial charge in [-0.15, -0.1) is 0 Å². The molecule has 0 spiro atoms. The van der Waals surface area contributed by atoms with Crippen LogP contribution in [0.5, 0.6) is 11.5 Å². The standard InChI is InChI=1S/C28H36Cl4N4O4/c1-19(39-25-7-5-21(29)17-23(25)31)27(37)33-9-3-11-35-13-15-36(16-14-35)12-4-10-34-28(38)20(2)40-26-8-6-22(30)18-24(26)32/h5-8,17-20H,3-4,9-16H2,1-2H3,(H,33,37)(H,34,38). The summed E-state index contributed by atoms with van der Waals surface area (Å²) in [6.45, 7) is 10.3. The van der Waals surface area contributed by atoms with Gasteiger partial charge in [-0.05, 0) is 76.2 Å². The third-order valence-corrected chi connectivity index (χ3v) is 7.56. The minimum atomic E-state index is -0.662. The van der Waals surface area contributed by atoms with Gasteiger partial charge in [0.25, 0.3) is 11.8 Å². The van der Waals surface area contributed by atoms with E-state index in [-0.39, 0.29) is 11.8 Å². The van der Waals surface area contributed by atoms with Crippen LogP contribution in [0.25, 0.3) is 0 Å². The van der Waals surface area contributed by atoms with E-state index in [1.54, 1.807) is 50.2 Å². The zero-order chi connectivity index (χ0) is 29.1. The van der Waals surface area contributed by atoms with Crippen LogP contribution in [0.4, 0.5) is 0 Å². The molecule has 1 saturated heterocycles. The summed E-state index contributed by atoms with van der Waals surface area (Å²) in [5.74, 6) is 0.490. The van der Waals surface area contributed by atoms with E-state index in [1.165, 1.54) is 0 Å². The maximum absolute atomic E-state index is 12.4. The number of rotatable bonds is 14. The Morgan fingerprint density at radius 2 is 1.10 bits per heavy atom. The van der Waals surface area contributed by atoms with E-state index in [2.05, 4.69) is 20.4 Å². The van der Waals surface area contributed by atoms with Gasteiger partial charge in [0.05, 0.1) is 10.0 Å². The number of ether oxygens (including phenoxy) is 2. The molecular formula is C28H36Cl4N4O4. The predicted octanol–water partition coefficient (Wildman–Crippen LogP) is 5.17. The fourth-order valence-electron chi connectivity index (χ4n) is 4.18. The molecule has 1 aliphatic rings. The van der Waals surface area contributed by atoms with Gasteiger partial charge < -0.3 is 29.9 Å². The molecule has 2 N–H and O–H groups in total. The molecule has 0 aromatic heterocycles. The van der Waals surface area contributed by atoms with Crippen LogP contribution in [0.3, 0.4) is 0 Å². The fraction of sp³-hybridized carbons (Fsp3) is 0.500. The largest absolute Gasteiger partial charge is 0.479 e. The van der Waals surface area contributed by atoms with Gasteiger partial charge in [-0.1, -0.05) is 46.4 Å². The predicted molar refractivity (Wildman–Crippen MR) is 161 cm³/mol. The molecule has 1 fully saturated rings. The van der Waals surface area contributed by atoms with E-state index in [1.807, 2.05) is 0 Å². The lowest BCUT2D eigenvalue weighted by Crippen LogP contribution is -2.47. The van der Waals surface area contributed by atoms with Crippen molar-refractivity contribution in [1.29, 1.82) is 0 Å². The smallest absolute Gasteiger partial charge is 0.260 e. The van der Waals surface area contributed by atoms with Crippen molar-refractivity contribution in [2.75, 3.05) is 52.4 Å². The summed E-state index contributed by atoms with van der Waals surface area (Å²) in [7, 11) is 0. The highest BCUT2D eigenvalue weighted by molar-refractivity contribution is 6.36. The van der Waals surface area contributed by atoms with Crippen LogP contribution in [0.2, 0.25) is 20.1 Å². The molecule has 2 unspecified atom stereocenters. The lowest BCUT2D eigenvalue weighted by molar-refractivity contribution is -0.127. The average molecular weight is 634 g/mol. The normalized spacial score (nSPS) is 15.8. The van der Waals surface area contributed by atoms with Gasteiger partial charge in [-0.3, -0.25) is 9.59 Å². The van der Waals surface area contributed by atoms with Crippen molar-refractivity contribution in [2.24, 2.45) is 0 Å². The highest BCUT2D eigenvalue weighted by Gasteiger charge is 2.19. The van der Waals surface area contributed by atoms with Gasteiger partial charge in [0.15, 0.2) is 12.2 Å². The van der Waals surface area contributed by atoms with Crippen LogP contribution in [0, 0.1) is 0 Å². The quantitative estimate of drug-likeness (QED) is 0.280. The molecule has 0 radical (unpaired) electrons. The van der Waals surface area contributed by atoms with Gasteiger partial charge >= 0.3 is 0 Å². The molecule has 2 aromatic rings. The third kappa shape index (κ3) is 10.8. The number of halogens is 4. The first-order valence-corrected chi connectivity index (χ1v) is 14.9. The summed E-state index contributed by atoms with van der Waals surface area (Å²) in [5.41, 5.74) is 0. The maximum atomic E-state index is 12.4. The molecule has 2 amide bonds. The summed E-state index contributed by atoms with van der Waals surface area (Å²) in [6, 6.07) is 9.81. The molecule has 1 aliphatic heterocycles. The first kappa shape index (κ1) is 32.6. The Kier molecular flexibility index (Phi) is 13.4. The number of nitrogens with one attached hydrogen (secondary N) is 2. The van der Waals surface area contributed by atoms with E-state index in [0.717, 1.165) is 52.1 Å². The summed E-state index contributed by atoms with van der Waals surface area (Å²) in [4.78, 5) is 29.5. The molecule has 0 bridgehead atoms. The second-order valence-corrected chi connectivity index (χ2v) is 11.3. The summed E-state index contributed by atoms with van der Waals surface area (Å²) in [5, 5.41) is 7.62. The lowest BCUT2D eigenvalue weighted by atomic mass is 10.2. The number of hydrogen-bond acceptors (Lipinski definition) is 6. The highest BCUT2D eigenvalue weighted by atomic mass is 35.5. The van der Waals surface area contributed by atoms with E-state index in [9.17, 15) is 9.59 Å². The van der Waals surface area contributed by atoms with Gasteiger partial charge in [0.1, 0.15) is 11.5 Å². The SMILES string of the molecule is CC(Oc1ccc(Cl)cc1Cl)C(=O)NCCCN1CCN(CCCNC(=O)C(C)Oc2ccc(Cl)cc2Cl)CC1. The molecule has 40 heavy (non-hydrogen) atoms. The molecule has 2 atom stereocenters. The van der Waals surface area contributed by atoms with Crippen molar-refractivity contribution in [3.63, 3.8) is 0 Å². The summed E-state index contributed by atoms with van der Waals surface area (Å²) >= 11 is 24.0. The Balaban J connectivity index is 1.22. The van der Waals surface area contributed by atoms with Crippen molar-refractivity contribution in [3.05, 3.63) is 56.5 Å². The molecule has 1 heterocycles. The first-order chi connectivity index (χ1) is 19.1. The van der Waals surface area contributed by atoms with Crippen LogP contribution in [-0.2, 0) is 9.59 Å². The van der Waals surface area contributed by atoms with Crippen LogP contribution >= 0.6 is 46.4 Å². The molecular weight excluding hydrogens is 598 g/mol. The summed E-state index contributed by atoms with van der Waals surface area (Å²) in [6.07, 6.45) is 0.385. The van der Waals surface area contributed by atoms with Gasteiger partial charge in [-0.2, -0.15) is 0 Å². The van der Waals surface area contributed by atoms with Gasteiger partial charge in [0.2, 0.25) is 0 Å². The fourth-order valence-corrected chi connectivity index (χ4v) is 5.09. The Hall–Kier alpha value is -1.94. The van der Waals surface area contributed by atoms with Crippen LogP contribution < -0.4 is 20.1 Å². The van der Waals surface area contributed by atoms with Crippen LogP contribution in [-0.4, -0.2) is 86.2 Å². The molecule has 220 valence electrons. The van der Waals surface area contributed by atoms with Crippen molar-refractivity contribution >= 4 is 58.2 Å². The van der Waals surface area contributed by atoms with E-state index in [4.69, 9.17) is 55.9 Å². The number of carbonyl (C=O) groups excluding carboxylic acids is 2. The van der Waals surface area contributed by atoms with E-state index in [0.29, 0.717) is 44.7 Å². The zero-order valence-corrected chi connectivity index (χ0v) is 25.8. The number of hydrogen-bond donors (Lipinski definition) is 2. The van der Waals surface area contributed by atoms with E-state index >= 15 is 0 Å². The van der Waals surface area contributed by atoms with Gasteiger partial charge in [-0.25, -0.2) is 0 Å². The Bertz CT molecular complexity index is 1040.